The van der Waals surface area contributed by atoms with Crippen molar-refractivity contribution in [2.45, 2.75) is 0 Å². The molecule has 23 heavy (non-hydrogen) atoms. The maximum absolute atomic E-state index is 12.8. The van der Waals surface area contributed by atoms with Gasteiger partial charge in [0.05, 0.1) is 0 Å². The van der Waals surface area contributed by atoms with Gasteiger partial charge in [-0.1, -0.05) is 30.3 Å². The summed E-state index contributed by atoms with van der Waals surface area (Å²) in [6.07, 6.45) is 0. The van der Waals surface area contributed by atoms with Crippen LogP contribution in [0.3, 0.4) is 0 Å². The van der Waals surface area contributed by atoms with Crippen molar-refractivity contribution in [2.75, 3.05) is 0 Å². The summed E-state index contributed by atoms with van der Waals surface area (Å²) in [7, 11) is 0. The van der Waals surface area contributed by atoms with E-state index in [0.29, 0.717) is 5.56 Å². The zero-order valence-electron chi connectivity index (χ0n) is 12.2. The fraction of sp³-hybridized carbons (Fsp3) is 0. The molecule has 2 nitrogen and oxygen atoms in total. The molecule has 0 atom stereocenters. The number of fused-ring (bicyclic) bond motifs is 5. The van der Waals surface area contributed by atoms with E-state index >= 15 is 0 Å². The average Bonchev–Trinajstić information content (AvgIpc) is 2.83. The third-order valence-corrected chi connectivity index (χ3v) is 4.63. The standard InChI is InChI=1S/C21H12O2/c22-16-6-5-14-9-18-17-8-12-3-1-2-4-13(12)10-19(17)21(23)20(18)11-15(14)7-16/h1-11,22H. The maximum Gasteiger partial charge on any atom is 0.194 e. The lowest BCUT2D eigenvalue weighted by Gasteiger charge is -2.05. The summed E-state index contributed by atoms with van der Waals surface area (Å²) in [6, 6.07) is 21.4. The summed E-state index contributed by atoms with van der Waals surface area (Å²) in [5.74, 6) is 0.275. The first-order chi connectivity index (χ1) is 11.2. The highest BCUT2D eigenvalue weighted by Crippen LogP contribution is 2.41. The lowest BCUT2D eigenvalue weighted by molar-refractivity contribution is 0.104. The van der Waals surface area contributed by atoms with Crippen molar-refractivity contribution in [1.82, 2.24) is 0 Å². The number of hydrogen-bond acceptors (Lipinski definition) is 2. The van der Waals surface area contributed by atoms with Crippen LogP contribution < -0.4 is 0 Å². The molecule has 0 radical (unpaired) electrons. The molecule has 4 aromatic rings. The van der Waals surface area contributed by atoms with Crippen molar-refractivity contribution in [3.63, 3.8) is 0 Å². The van der Waals surface area contributed by atoms with Crippen LogP contribution in [0.1, 0.15) is 15.9 Å². The summed E-state index contributed by atoms with van der Waals surface area (Å²) in [6.45, 7) is 0. The smallest absolute Gasteiger partial charge is 0.194 e. The van der Waals surface area contributed by atoms with E-state index < -0.39 is 0 Å². The number of aromatic hydroxyl groups is 1. The lowest BCUT2D eigenvalue weighted by atomic mass is 9.98. The van der Waals surface area contributed by atoms with Crippen LogP contribution in [0.4, 0.5) is 0 Å². The summed E-state index contributed by atoms with van der Waals surface area (Å²) in [5, 5.41) is 13.8. The summed E-state index contributed by atoms with van der Waals surface area (Å²) in [5.41, 5.74) is 3.46. The van der Waals surface area contributed by atoms with Gasteiger partial charge in [-0.3, -0.25) is 4.79 Å². The van der Waals surface area contributed by atoms with E-state index in [1.54, 1.807) is 12.1 Å². The largest absolute Gasteiger partial charge is 0.508 e. The van der Waals surface area contributed by atoms with E-state index in [1.165, 1.54) is 0 Å². The zero-order valence-corrected chi connectivity index (χ0v) is 12.2. The minimum atomic E-state index is 0.0611. The third kappa shape index (κ3) is 1.66. The Morgan fingerprint density at radius 2 is 1.09 bits per heavy atom. The molecule has 0 spiro atoms. The molecule has 1 N–H and O–H groups in total. The van der Waals surface area contributed by atoms with Crippen molar-refractivity contribution in [3.8, 4) is 16.9 Å². The Hall–Kier alpha value is -3.13. The van der Waals surface area contributed by atoms with Crippen LogP contribution in [0.5, 0.6) is 5.75 Å². The third-order valence-electron chi connectivity index (χ3n) is 4.63. The van der Waals surface area contributed by atoms with Gasteiger partial charge < -0.3 is 5.11 Å². The SMILES string of the molecule is O=C1c2cc3ccccc3cc2-c2cc3ccc(O)cc3cc21. The minimum absolute atomic E-state index is 0.0611. The van der Waals surface area contributed by atoms with E-state index in [0.717, 1.165) is 38.2 Å². The zero-order chi connectivity index (χ0) is 15.6. The molecule has 1 aliphatic rings. The molecule has 5 rings (SSSR count). The van der Waals surface area contributed by atoms with Crippen LogP contribution in [0.2, 0.25) is 0 Å². The molecule has 0 amide bonds. The van der Waals surface area contributed by atoms with Gasteiger partial charge in [-0.25, -0.2) is 0 Å². The van der Waals surface area contributed by atoms with Crippen LogP contribution in [-0.4, -0.2) is 10.9 Å². The minimum Gasteiger partial charge on any atom is -0.508 e. The Balaban J connectivity index is 1.87. The van der Waals surface area contributed by atoms with Crippen LogP contribution in [0.25, 0.3) is 32.7 Å². The van der Waals surface area contributed by atoms with Gasteiger partial charge in [-0.15, -0.1) is 0 Å². The van der Waals surface area contributed by atoms with Gasteiger partial charge in [0.25, 0.3) is 0 Å². The second-order valence-electron chi connectivity index (χ2n) is 6.00. The van der Waals surface area contributed by atoms with E-state index in [2.05, 4.69) is 12.1 Å². The number of hydrogen-bond donors (Lipinski definition) is 1. The predicted molar refractivity (Wildman–Crippen MR) is 92.0 cm³/mol. The normalized spacial score (nSPS) is 12.6. The number of rotatable bonds is 0. The molecule has 0 saturated carbocycles. The van der Waals surface area contributed by atoms with Gasteiger partial charge in [0.2, 0.25) is 0 Å². The van der Waals surface area contributed by atoms with E-state index in [1.807, 2.05) is 42.5 Å². The molecule has 0 bridgehead atoms. The molecule has 4 aromatic carbocycles. The second kappa shape index (κ2) is 4.20. The highest BCUT2D eigenvalue weighted by Gasteiger charge is 2.27. The van der Waals surface area contributed by atoms with Crippen molar-refractivity contribution in [2.24, 2.45) is 0 Å². The van der Waals surface area contributed by atoms with Gasteiger partial charge in [-0.2, -0.15) is 0 Å². The van der Waals surface area contributed by atoms with Crippen molar-refractivity contribution in [3.05, 3.63) is 77.9 Å². The number of ketones is 1. The Labute approximate surface area is 132 Å². The molecule has 2 heteroatoms. The lowest BCUT2D eigenvalue weighted by Crippen LogP contribution is -1.95. The Kier molecular flexibility index (Phi) is 2.27. The quantitative estimate of drug-likeness (QED) is 0.441. The maximum atomic E-state index is 12.8. The van der Waals surface area contributed by atoms with Gasteiger partial charge in [-0.05, 0) is 69.1 Å². The van der Waals surface area contributed by atoms with Crippen molar-refractivity contribution in [1.29, 1.82) is 0 Å². The number of phenolic OH excluding ortho intramolecular Hbond substituents is 1. The monoisotopic (exact) mass is 296 g/mol. The fourth-order valence-electron chi connectivity index (χ4n) is 3.49. The molecule has 0 unspecified atom stereocenters. The Morgan fingerprint density at radius 3 is 1.74 bits per heavy atom. The summed E-state index contributed by atoms with van der Waals surface area (Å²) in [4.78, 5) is 12.8. The highest BCUT2D eigenvalue weighted by molar-refractivity contribution is 6.24. The van der Waals surface area contributed by atoms with Gasteiger partial charge in [0.1, 0.15) is 5.75 Å². The van der Waals surface area contributed by atoms with Crippen molar-refractivity contribution < 1.29 is 9.90 Å². The number of carbonyl (C=O) groups is 1. The number of phenols is 1. The van der Waals surface area contributed by atoms with Crippen LogP contribution in [0, 0.1) is 0 Å². The molecular formula is C21H12O2. The average molecular weight is 296 g/mol. The first kappa shape index (κ1) is 12.4. The van der Waals surface area contributed by atoms with E-state index in [4.69, 9.17) is 0 Å². The second-order valence-corrected chi connectivity index (χ2v) is 6.00. The van der Waals surface area contributed by atoms with Crippen molar-refractivity contribution >= 4 is 27.3 Å². The molecule has 0 aromatic heterocycles. The topological polar surface area (TPSA) is 37.3 Å². The van der Waals surface area contributed by atoms with Gasteiger partial charge in [0.15, 0.2) is 5.78 Å². The van der Waals surface area contributed by atoms with Gasteiger partial charge >= 0.3 is 0 Å². The molecule has 1 aliphatic carbocycles. The summed E-state index contributed by atoms with van der Waals surface area (Å²) >= 11 is 0. The highest BCUT2D eigenvalue weighted by atomic mass is 16.3. The molecular weight excluding hydrogens is 284 g/mol. The van der Waals surface area contributed by atoms with Crippen LogP contribution >= 0.6 is 0 Å². The molecule has 0 heterocycles. The molecule has 0 saturated heterocycles. The van der Waals surface area contributed by atoms with E-state index in [-0.39, 0.29) is 11.5 Å². The number of benzene rings is 4. The number of carbonyl (C=O) groups excluding carboxylic acids is 1. The predicted octanol–water partition coefficient (Wildman–Crippen LogP) is 4.91. The van der Waals surface area contributed by atoms with Crippen LogP contribution in [0.15, 0.2) is 66.7 Å². The molecule has 0 aliphatic heterocycles. The molecule has 108 valence electrons. The summed E-state index contributed by atoms with van der Waals surface area (Å²) < 4.78 is 0. The first-order valence-corrected chi connectivity index (χ1v) is 7.55. The molecule has 0 fully saturated rings. The first-order valence-electron chi connectivity index (χ1n) is 7.55. The Bertz CT molecular complexity index is 1140. The van der Waals surface area contributed by atoms with Gasteiger partial charge in [0, 0.05) is 11.1 Å². The fourth-order valence-corrected chi connectivity index (χ4v) is 3.49. The van der Waals surface area contributed by atoms with Crippen LogP contribution in [-0.2, 0) is 0 Å². The van der Waals surface area contributed by atoms with E-state index in [9.17, 15) is 9.90 Å². The Morgan fingerprint density at radius 1 is 0.565 bits per heavy atom.